The predicted octanol–water partition coefficient (Wildman–Crippen LogP) is 13.7. The van der Waals surface area contributed by atoms with Gasteiger partial charge in [-0.25, -0.2) is 4.98 Å². The summed E-state index contributed by atoms with van der Waals surface area (Å²) in [4.78, 5) is 10.9. The first kappa shape index (κ1) is 31.1. The second-order valence-electron chi connectivity index (χ2n) is 14.9. The van der Waals surface area contributed by atoms with Crippen LogP contribution in [0.25, 0.3) is 49.9 Å². The minimum absolute atomic E-state index is 0.198. The molecule has 0 saturated carbocycles. The van der Waals surface area contributed by atoms with Gasteiger partial charge in [0.05, 0.1) is 34.8 Å². The fourth-order valence-electron chi connectivity index (χ4n) is 8.39. The molecule has 5 nitrogen and oxygen atoms in total. The molecule has 5 heteroatoms. The highest BCUT2D eigenvalue weighted by molar-refractivity contribution is 6.11. The summed E-state index contributed by atoms with van der Waals surface area (Å²) in [6, 6.07) is 63.5. The molecule has 57 heavy (non-hydrogen) atoms. The van der Waals surface area contributed by atoms with Crippen molar-refractivity contribution >= 4 is 55.9 Å². The van der Waals surface area contributed by atoms with Crippen LogP contribution in [0.2, 0.25) is 0 Å². The van der Waals surface area contributed by atoms with Gasteiger partial charge in [0.15, 0.2) is 0 Å². The van der Waals surface area contributed by atoms with Gasteiger partial charge in [0.25, 0.3) is 0 Å². The summed E-state index contributed by atoms with van der Waals surface area (Å²) < 4.78 is 27.5. The van der Waals surface area contributed by atoms with E-state index < -0.39 is 6.98 Å². The Kier molecular flexibility index (Phi) is 7.75. The van der Waals surface area contributed by atoms with Crippen molar-refractivity contribution in [2.75, 3.05) is 28.3 Å². The number of hydrogen-bond acceptors (Lipinski definition) is 4. The molecule has 0 saturated heterocycles. The molecule has 9 aromatic rings. The van der Waals surface area contributed by atoms with Crippen LogP contribution in [0.1, 0.15) is 29.4 Å². The molecule has 1 aliphatic rings. The second-order valence-corrected chi connectivity index (χ2v) is 14.9. The molecule has 276 valence electrons. The molecule has 7 aromatic carbocycles. The van der Waals surface area contributed by atoms with E-state index in [0.717, 1.165) is 78.3 Å². The molecular formula is C52H43N5. The first-order valence-electron chi connectivity index (χ1n) is 21.0. The smallest absolute Gasteiger partial charge is 0.137 e. The topological polar surface area (TPSA) is 27.5 Å². The number of fused-ring (bicyclic) bond motifs is 4. The summed E-state index contributed by atoms with van der Waals surface area (Å²) in [6.45, 7) is 2.32. The molecule has 10 rings (SSSR count). The second kappa shape index (κ2) is 14.2. The maximum atomic E-state index is 8.39. The van der Waals surface area contributed by atoms with Crippen molar-refractivity contribution in [1.29, 1.82) is 0 Å². The van der Waals surface area contributed by atoms with Crippen molar-refractivity contribution in [3.63, 3.8) is 0 Å². The van der Waals surface area contributed by atoms with Gasteiger partial charge in [-0.3, -0.25) is 4.57 Å². The molecular weight excluding hydrogens is 695 g/mol. The maximum Gasteiger partial charge on any atom is 0.137 e. The van der Waals surface area contributed by atoms with Crippen LogP contribution in [0.15, 0.2) is 188 Å². The van der Waals surface area contributed by atoms with E-state index in [2.05, 4.69) is 186 Å². The van der Waals surface area contributed by atoms with Gasteiger partial charge in [-0.1, -0.05) is 135 Å². The highest BCUT2D eigenvalue weighted by Gasteiger charge is 2.27. The standard InChI is InChI=1S/C52H43N5/c1-36(2)39-30-31-53-51(32-39)57-47-25-11-10-22-45(47)46-29-28-42(34-50(46)57)56(41-21-14-20-40(33-41)55-35-54(3)48-26-12-13-27-49(48)55)52-43(37-16-6-4-7-17-37)23-15-24-44(52)38-18-8-5-9-19-38/h4-34,36H,35H2,1-3H3/i3D3. The van der Waals surface area contributed by atoms with E-state index in [1.165, 1.54) is 10.5 Å². The first-order chi connectivity index (χ1) is 29.2. The number of aromatic nitrogens is 2. The lowest BCUT2D eigenvalue weighted by molar-refractivity contribution is 0.858. The van der Waals surface area contributed by atoms with E-state index in [0.29, 0.717) is 11.6 Å². The Morgan fingerprint density at radius 2 is 1.23 bits per heavy atom. The van der Waals surface area contributed by atoms with Crippen molar-refractivity contribution in [2.24, 2.45) is 0 Å². The molecule has 0 atom stereocenters. The van der Waals surface area contributed by atoms with Gasteiger partial charge in [-0.2, -0.15) is 0 Å². The summed E-state index contributed by atoms with van der Waals surface area (Å²) >= 11 is 0. The van der Waals surface area contributed by atoms with Crippen LogP contribution in [0, 0.1) is 0 Å². The van der Waals surface area contributed by atoms with Gasteiger partial charge in [-0.05, 0) is 83.3 Å². The van der Waals surface area contributed by atoms with Crippen molar-refractivity contribution in [2.45, 2.75) is 19.8 Å². The molecule has 0 radical (unpaired) electrons. The summed E-state index contributed by atoms with van der Waals surface area (Å²) in [6.07, 6.45) is 1.92. The van der Waals surface area contributed by atoms with Crippen molar-refractivity contribution in [3.05, 3.63) is 194 Å². The minimum Gasteiger partial charge on any atom is -0.355 e. The summed E-state index contributed by atoms with van der Waals surface area (Å²) in [5.41, 5.74) is 13.1. The summed E-state index contributed by atoms with van der Waals surface area (Å²) in [5, 5.41) is 2.29. The number of para-hydroxylation sites is 4. The lowest BCUT2D eigenvalue weighted by Gasteiger charge is -2.31. The molecule has 0 spiro atoms. The number of rotatable bonds is 8. The van der Waals surface area contributed by atoms with Gasteiger partial charge in [0, 0.05) is 56.2 Å². The lowest BCUT2D eigenvalue weighted by Crippen LogP contribution is -2.24. The Balaban J connectivity index is 1.26. The molecule has 1 aliphatic heterocycles. The zero-order chi connectivity index (χ0) is 41.0. The summed E-state index contributed by atoms with van der Waals surface area (Å²) in [7, 11) is 0. The number of nitrogens with zero attached hydrogens (tertiary/aromatic N) is 5. The number of pyridine rings is 1. The van der Waals surface area contributed by atoms with Crippen LogP contribution >= 0.6 is 0 Å². The third-order valence-electron chi connectivity index (χ3n) is 11.2. The number of anilines is 6. The SMILES string of the molecule is [2H]C([2H])([2H])N1CN(c2cccc(N(c3ccc4c5ccccc5n(-c5cc(C(C)C)ccn5)c4c3)c3c(-c4ccccc4)cccc3-c3ccccc3)c2)c2ccccc21. The normalized spacial score (nSPS) is 13.5. The van der Waals surface area contributed by atoms with Gasteiger partial charge < -0.3 is 14.7 Å². The Hall–Kier alpha value is -7.11. The zero-order valence-corrected chi connectivity index (χ0v) is 31.9. The third-order valence-corrected chi connectivity index (χ3v) is 11.2. The zero-order valence-electron chi connectivity index (χ0n) is 34.9. The number of hydrogen-bond donors (Lipinski definition) is 0. The molecule has 0 amide bonds. The average Bonchev–Trinajstić information content (AvgIpc) is 3.84. The molecule has 3 heterocycles. The van der Waals surface area contributed by atoms with E-state index >= 15 is 0 Å². The minimum atomic E-state index is -2.30. The molecule has 0 bridgehead atoms. The maximum absolute atomic E-state index is 8.39. The lowest BCUT2D eigenvalue weighted by atomic mass is 9.94. The van der Waals surface area contributed by atoms with E-state index in [1.807, 2.05) is 30.5 Å². The average molecular weight is 741 g/mol. The van der Waals surface area contributed by atoms with Crippen LogP contribution in [0.3, 0.4) is 0 Å². The highest BCUT2D eigenvalue weighted by Crippen LogP contribution is 2.49. The van der Waals surface area contributed by atoms with E-state index in [-0.39, 0.29) is 6.67 Å². The summed E-state index contributed by atoms with van der Waals surface area (Å²) in [5.74, 6) is 1.22. The van der Waals surface area contributed by atoms with Crippen LogP contribution in [0.5, 0.6) is 0 Å². The molecule has 0 aliphatic carbocycles. The molecule has 0 fully saturated rings. The monoisotopic (exact) mass is 740 g/mol. The van der Waals surface area contributed by atoms with Crippen molar-refractivity contribution in [1.82, 2.24) is 9.55 Å². The quantitative estimate of drug-likeness (QED) is 0.155. The molecule has 0 unspecified atom stereocenters. The van der Waals surface area contributed by atoms with Crippen molar-refractivity contribution in [3.8, 4) is 28.1 Å². The highest BCUT2D eigenvalue weighted by atomic mass is 15.4. The van der Waals surface area contributed by atoms with Crippen LogP contribution in [-0.4, -0.2) is 23.2 Å². The Labute approximate surface area is 338 Å². The number of benzene rings is 7. The largest absolute Gasteiger partial charge is 0.355 e. The Morgan fingerprint density at radius 3 is 1.96 bits per heavy atom. The van der Waals surface area contributed by atoms with E-state index in [4.69, 9.17) is 9.10 Å². The molecule has 2 aromatic heterocycles. The Bertz CT molecular complexity index is 2950. The van der Waals surface area contributed by atoms with Gasteiger partial charge in [0.2, 0.25) is 0 Å². The van der Waals surface area contributed by atoms with Crippen molar-refractivity contribution < 1.29 is 4.11 Å². The fraction of sp³-hybridized carbons (Fsp3) is 0.0962. The van der Waals surface area contributed by atoms with E-state index in [1.54, 1.807) is 0 Å². The third kappa shape index (κ3) is 6.00. The van der Waals surface area contributed by atoms with Gasteiger partial charge >= 0.3 is 0 Å². The predicted molar refractivity (Wildman–Crippen MR) is 240 cm³/mol. The van der Waals surface area contributed by atoms with Crippen LogP contribution in [-0.2, 0) is 0 Å². The first-order valence-corrected chi connectivity index (χ1v) is 19.5. The van der Waals surface area contributed by atoms with E-state index in [9.17, 15) is 0 Å². The van der Waals surface area contributed by atoms with Gasteiger partial charge in [-0.15, -0.1) is 0 Å². The van der Waals surface area contributed by atoms with Gasteiger partial charge in [0.1, 0.15) is 5.82 Å². The van der Waals surface area contributed by atoms with Crippen LogP contribution in [0.4, 0.5) is 34.1 Å². The van der Waals surface area contributed by atoms with Crippen LogP contribution < -0.4 is 14.7 Å². The molecule has 0 N–H and O–H groups in total. The fourth-order valence-corrected chi connectivity index (χ4v) is 8.39. The Morgan fingerprint density at radius 1 is 0.579 bits per heavy atom.